The molecule has 0 radical (unpaired) electrons. The van der Waals surface area contributed by atoms with Crippen LogP contribution in [0.15, 0.2) is 145 Å². The zero-order valence-electron chi connectivity index (χ0n) is 21.9. The molecular formula is C37H26N2S. The highest BCUT2D eigenvalue weighted by Gasteiger charge is 2.17. The molecule has 0 spiro atoms. The minimum Gasteiger partial charge on any atom is -0.309 e. The molecule has 0 atom stereocenters. The van der Waals surface area contributed by atoms with E-state index in [1.807, 2.05) is 11.8 Å². The first-order chi connectivity index (χ1) is 19.8. The van der Waals surface area contributed by atoms with Gasteiger partial charge in [-0.05, 0) is 65.7 Å². The van der Waals surface area contributed by atoms with Gasteiger partial charge in [-0.2, -0.15) is 0 Å². The second-order valence-corrected chi connectivity index (χ2v) is 11.3. The SMILES string of the molecule is C=C1/C=C\C=C/CSc2ccc(-n3c4ccccc4c4cc(-n5c6ccccc6c6ccccc65)ccc43)cc21. The Morgan fingerprint density at radius 2 is 1.10 bits per heavy atom. The minimum atomic E-state index is 0.949. The van der Waals surface area contributed by atoms with Gasteiger partial charge in [0, 0.05) is 43.6 Å². The van der Waals surface area contributed by atoms with Gasteiger partial charge in [-0.15, -0.1) is 11.8 Å². The molecule has 0 amide bonds. The monoisotopic (exact) mass is 530 g/mol. The molecular weight excluding hydrogens is 504 g/mol. The van der Waals surface area contributed by atoms with E-state index in [9.17, 15) is 0 Å². The number of hydrogen-bond acceptors (Lipinski definition) is 1. The Kier molecular flexibility index (Phi) is 5.32. The van der Waals surface area contributed by atoms with E-state index in [0.717, 1.165) is 17.0 Å². The smallest absolute Gasteiger partial charge is 0.0542 e. The van der Waals surface area contributed by atoms with Crippen LogP contribution in [0.3, 0.4) is 0 Å². The summed E-state index contributed by atoms with van der Waals surface area (Å²) in [6.45, 7) is 4.39. The van der Waals surface area contributed by atoms with E-state index in [1.54, 1.807) is 0 Å². The average molecular weight is 531 g/mol. The largest absolute Gasteiger partial charge is 0.309 e. The third kappa shape index (κ3) is 3.52. The normalized spacial score (nSPS) is 15.2. The predicted octanol–water partition coefficient (Wildman–Crippen LogP) is 10.1. The lowest BCUT2D eigenvalue weighted by atomic mass is 10.1. The molecule has 1 aliphatic heterocycles. The van der Waals surface area contributed by atoms with Crippen LogP contribution in [0, 0.1) is 0 Å². The maximum absolute atomic E-state index is 4.39. The van der Waals surface area contributed by atoms with Crippen molar-refractivity contribution in [1.29, 1.82) is 0 Å². The standard InChI is InChI=1S/C37H26N2S/c1-25-11-3-2-10-22-40-37-21-19-27(23-31(25)37)39-35-17-9-6-14-30(35)32-24-26(18-20-36(32)39)38-33-15-7-4-12-28(33)29-13-5-8-16-34(29)38/h2-21,23-24H,1,22H2/b10-2-,11-3-. The predicted molar refractivity (Wildman–Crippen MR) is 173 cm³/mol. The lowest BCUT2D eigenvalue weighted by molar-refractivity contribution is 1.15. The Hall–Kier alpha value is -4.73. The highest BCUT2D eigenvalue weighted by molar-refractivity contribution is 7.99. The summed E-state index contributed by atoms with van der Waals surface area (Å²) in [6.07, 6.45) is 8.49. The van der Waals surface area contributed by atoms with Crippen LogP contribution in [-0.2, 0) is 0 Å². The van der Waals surface area contributed by atoms with Gasteiger partial charge in [-0.3, -0.25) is 0 Å². The van der Waals surface area contributed by atoms with E-state index in [1.165, 1.54) is 59.8 Å². The molecule has 40 heavy (non-hydrogen) atoms. The van der Waals surface area contributed by atoms with E-state index in [2.05, 4.69) is 149 Å². The van der Waals surface area contributed by atoms with Crippen molar-refractivity contribution in [2.24, 2.45) is 0 Å². The van der Waals surface area contributed by atoms with Gasteiger partial charge in [-0.1, -0.05) is 85.5 Å². The third-order valence-electron chi connectivity index (χ3n) is 7.94. The van der Waals surface area contributed by atoms with Crippen molar-refractivity contribution < 1.29 is 0 Å². The first-order valence-corrected chi connectivity index (χ1v) is 14.6. The van der Waals surface area contributed by atoms with Crippen molar-refractivity contribution in [3.63, 3.8) is 0 Å². The number of thioether (sulfide) groups is 1. The molecule has 8 rings (SSSR count). The van der Waals surface area contributed by atoms with Gasteiger partial charge < -0.3 is 9.13 Å². The summed E-state index contributed by atoms with van der Waals surface area (Å²) >= 11 is 1.86. The number of para-hydroxylation sites is 3. The van der Waals surface area contributed by atoms with Crippen molar-refractivity contribution in [1.82, 2.24) is 9.13 Å². The molecule has 0 saturated carbocycles. The quantitative estimate of drug-likeness (QED) is 0.216. The van der Waals surface area contributed by atoms with E-state index in [0.29, 0.717) is 0 Å². The summed E-state index contributed by atoms with van der Waals surface area (Å²) in [5.41, 5.74) is 9.40. The number of fused-ring (bicyclic) bond motifs is 7. The molecule has 0 N–H and O–H groups in total. The maximum atomic E-state index is 4.39. The Labute approximate surface area is 237 Å². The topological polar surface area (TPSA) is 9.86 Å². The third-order valence-corrected chi connectivity index (χ3v) is 8.97. The number of rotatable bonds is 2. The summed E-state index contributed by atoms with van der Waals surface area (Å²) in [4.78, 5) is 1.26. The van der Waals surface area contributed by atoms with Crippen molar-refractivity contribution in [2.75, 3.05) is 5.75 Å². The van der Waals surface area contributed by atoms with Crippen molar-refractivity contribution in [3.8, 4) is 11.4 Å². The fourth-order valence-corrected chi connectivity index (χ4v) is 7.04. The highest BCUT2D eigenvalue weighted by Crippen LogP contribution is 2.38. The summed E-state index contributed by atoms with van der Waals surface area (Å²) < 4.78 is 4.79. The number of hydrogen-bond donors (Lipinski definition) is 0. The summed E-state index contributed by atoms with van der Waals surface area (Å²) in [7, 11) is 0. The molecule has 2 aromatic heterocycles. The molecule has 2 nitrogen and oxygen atoms in total. The summed E-state index contributed by atoms with van der Waals surface area (Å²) in [6, 6.07) is 39.8. The van der Waals surface area contributed by atoms with E-state index in [-0.39, 0.29) is 0 Å². The van der Waals surface area contributed by atoms with Gasteiger partial charge in [0.2, 0.25) is 0 Å². The van der Waals surface area contributed by atoms with Crippen LogP contribution < -0.4 is 0 Å². The van der Waals surface area contributed by atoms with Gasteiger partial charge in [0.05, 0.1) is 22.1 Å². The van der Waals surface area contributed by atoms with Crippen LogP contribution in [0.2, 0.25) is 0 Å². The second kappa shape index (κ2) is 9.18. The highest BCUT2D eigenvalue weighted by atomic mass is 32.2. The number of nitrogens with zero attached hydrogens (tertiary/aromatic N) is 2. The van der Waals surface area contributed by atoms with Gasteiger partial charge >= 0.3 is 0 Å². The first kappa shape index (κ1) is 23.2. The van der Waals surface area contributed by atoms with Gasteiger partial charge in [-0.25, -0.2) is 0 Å². The maximum Gasteiger partial charge on any atom is 0.0542 e. The van der Waals surface area contributed by atoms with Crippen LogP contribution in [-0.4, -0.2) is 14.9 Å². The first-order valence-electron chi connectivity index (χ1n) is 13.6. The molecule has 0 fully saturated rings. The number of allylic oxidation sites excluding steroid dienone is 4. The summed E-state index contributed by atoms with van der Waals surface area (Å²) in [5, 5.41) is 5.05. The fourth-order valence-electron chi connectivity index (χ4n) is 6.15. The molecule has 0 unspecified atom stereocenters. The second-order valence-electron chi connectivity index (χ2n) is 10.2. The van der Waals surface area contributed by atoms with Crippen LogP contribution in [0.25, 0.3) is 60.6 Å². The van der Waals surface area contributed by atoms with Gasteiger partial charge in [0.25, 0.3) is 0 Å². The molecule has 1 aliphatic rings. The van der Waals surface area contributed by atoms with E-state index < -0.39 is 0 Å². The Morgan fingerprint density at radius 3 is 1.77 bits per heavy atom. The lowest BCUT2D eigenvalue weighted by Crippen LogP contribution is -1.97. The van der Waals surface area contributed by atoms with E-state index in [4.69, 9.17) is 0 Å². The molecule has 190 valence electrons. The van der Waals surface area contributed by atoms with Crippen molar-refractivity contribution in [3.05, 3.63) is 146 Å². The minimum absolute atomic E-state index is 0.949. The van der Waals surface area contributed by atoms with Gasteiger partial charge in [0.1, 0.15) is 0 Å². The molecule has 5 aromatic carbocycles. The molecule has 3 heteroatoms. The molecule has 3 heterocycles. The molecule has 7 aromatic rings. The average Bonchev–Trinajstić information content (AvgIpc) is 3.53. The number of benzene rings is 5. The summed E-state index contributed by atoms with van der Waals surface area (Å²) in [5.74, 6) is 0.949. The Balaban J connectivity index is 1.38. The molecule has 0 saturated heterocycles. The van der Waals surface area contributed by atoms with Crippen molar-refractivity contribution >= 4 is 60.9 Å². The Morgan fingerprint density at radius 1 is 0.550 bits per heavy atom. The zero-order valence-corrected chi connectivity index (χ0v) is 22.7. The number of aromatic nitrogens is 2. The van der Waals surface area contributed by atoms with Gasteiger partial charge in [0.15, 0.2) is 0 Å². The van der Waals surface area contributed by atoms with Crippen LogP contribution >= 0.6 is 11.8 Å². The zero-order chi connectivity index (χ0) is 26.6. The van der Waals surface area contributed by atoms with E-state index >= 15 is 0 Å². The van der Waals surface area contributed by atoms with Crippen molar-refractivity contribution in [2.45, 2.75) is 4.90 Å². The molecule has 0 aliphatic carbocycles. The van der Waals surface area contributed by atoms with Crippen LogP contribution in [0.4, 0.5) is 0 Å². The van der Waals surface area contributed by atoms with Crippen LogP contribution in [0.5, 0.6) is 0 Å². The fraction of sp³-hybridized carbons (Fsp3) is 0.0270. The lowest BCUT2D eigenvalue weighted by Gasteiger charge is -2.14. The molecule has 0 bridgehead atoms. The Bertz CT molecular complexity index is 2130. The van der Waals surface area contributed by atoms with Crippen LogP contribution in [0.1, 0.15) is 5.56 Å².